The standard InChI is InChI=1S/C21H33N5O6/c1-5-22-19(30)13(2)24-21(32)15(4)25-20(31)14(3)23-16(27)9-7-6-8-12-26-17(28)10-11-18(26)29/h10-11,13-15H,5-9,12H2,1-4H3,(H,22,30)(H,23,27)(H,24,32)(H,25,31)/t13-,14-,15-/m0/s1. The fourth-order valence-corrected chi connectivity index (χ4v) is 2.90. The van der Waals surface area contributed by atoms with Crippen LogP contribution >= 0.6 is 0 Å². The van der Waals surface area contributed by atoms with Crippen LogP contribution in [0.25, 0.3) is 0 Å². The first-order chi connectivity index (χ1) is 15.1. The van der Waals surface area contributed by atoms with Crippen molar-refractivity contribution in [3.63, 3.8) is 0 Å². The minimum atomic E-state index is -0.885. The zero-order valence-corrected chi connectivity index (χ0v) is 19.0. The van der Waals surface area contributed by atoms with Crippen LogP contribution in [0.2, 0.25) is 0 Å². The Morgan fingerprint density at radius 2 is 1.28 bits per heavy atom. The molecule has 1 aliphatic heterocycles. The van der Waals surface area contributed by atoms with Crippen molar-refractivity contribution in [1.82, 2.24) is 26.2 Å². The lowest BCUT2D eigenvalue weighted by atomic mass is 10.1. The summed E-state index contributed by atoms with van der Waals surface area (Å²) < 4.78 is 0. The molecule has 0 aromatic rings. The summed E-state index contributed by atoms with van der Waals surface area (Å²) >= 11 is 0. The molecular weight excluding hydrogens is 418 g/mol. The first-order valence-electron chi connectivity index (χ1n) is 10.8. The van der Waals surface area contributed by atoms with E-state index in [-0.39, 0.29) is 30.0 Å². The van der Waals surface area contributed by atoms with Crippen LogP contribution < -0.4 is 21.3 Å². The average molecular weight is 452 g/mol. The van der Waals surface area contributed by atoms with Gasteiger partial charge in [0.2, 0.25) is 23.6 Å². The van der Waals surface area contributed by atoms with Crippen molar-refractivity contribution in [2.24, 2.45) is 0 Å². The summed E-state index contributed by atoms with van der Waals surface area (Å²) in [5.41, 5.74) is 0. The summed E-state index contributed by atoms with van der Waals surface area (Å²) in [4.78, 5) is 72.1. The number of hydrogen-bond donors (Lipinski definition) is 4. The van der Waals surface area contributed by atoms with Crippen molar-refractivity contribution in [1.29, 1.82) is 0 Å². The molecule has 0 aliphatic carbocycles. The fraction of sp³-hybridized carbons (Fsp3) is 0.619. The SMILES string of the molecule is CCNC(=O)[C@H](C)NC(=O)[C@H](C)NC(=O)[C@H](C)NC(=O)CCCCCN1C(=O)C=CC1=O. The maximum Gasteiger partial charge on any atom is 0.253 e. The molecule has 4 N–H and O–H groups in total. The summed E-state index contributed by atoms with van der Waals surface area (Å²) in [5.74, 6) is -2.32. The molecule has 0 bridgehead atoms. The minimum Gasteiger partial charge on any atom is -0.355 e. The van der Waals surface area contributed by atoms with Gasteiger partial charge in [-0.1, -0.05) is 6.42 Å². The third kappa shape index (κ3) is 8.86. The molecule has 6 amide bonds. The van der Waals surface area contributed by atoms with Crippen LogP contribution in [0, 0.1) is 0 Å². The van der Waals surface area contributed by atoms with E-state index in [9.17, 15) is 28.8 Å². The predicted octanol–water partition coefficient (Wildman–Crippen LogP) is -0.878. The summed E-state index contributed by atoms with van der Waals surface area (Å²) in [7, 11) is 0. The molecule has 1 rings (SSSR count). The van der Waals surface area contributed by atoms with E-state index in [1.165, 1.54) is 32.9 Å². The van der Waals surface area contributed by atoms with Crippen molar-refractivity contribution in [3.05, 3.63) is 12.2 Å². The van der Waals surface area contributed by atoms with E-state index in [2.05, 4.69) is 21.3 Å². The van der Waals surface area contributed by atoms with Gasteiger partial charge in [-0.05, 0) is 40.5 Å². The second-order valence-corrected chi connectivity index (χ2v) is 7.62. The first-order valence-corrected chi connectivity index (χ1v) is 10.8. The molecule has 0 spiro atoms. The van der Waals surface area contributed by atoms with Crippen LogP contribution in [-0.2, 0) is 28.8 Å². The second kappa shape index (κ2) is 13.2. The van der Waals surface area contributed by atoms with Crippen LogP contribution in [0.1, 0.15) is 53.4 Å². The lowest BCUT2D eigenvalue weighted by Crippen LogP contribution is -2.54. The molecule has 1 aliphatic rings. The van der Waals surface area contributed by atoms with Crippen LogP contribution in [0.15, 0.2) is 12.2 Å². The smallest absolute Gasteiger partial charge is 0.253 e. The topological polar surface area (TPSA) is 154 Å². The minimum absolute atomic E-state index is 0.192. The van der Waals surface area contributed by atoms with E-state index >= 15 is 0 Å². The molecule has 11 heteroatoms. The molecule has 0 fully saturated rings. The van der Waals surface area contributed by atoms with Gasteiger partial charge in [0.25, 0.3) is 11.8 Å². The number of nitrogens with zero attached hydrogens (tertiary/aromatic N) is 1. The van der Waals surface area contributed by atoms with Crippen molar-refractivity contribution in [2.45, 2.75) is 71.5 Å². The summed E-state index contributed by atoms with van der Waals surface area (Å²) in [5, 5.41) is 10.2. The molecule has 32 heavy (non-hydrogen) atoms. The highest BCUT2D eigenvalue weighted by molar-refractivity contribution is 6.12. The van der Waals surface area contributed by atoms with E-state index < -0.39 is 29.9 Å². The first kappa shape index (κ1) is 26.8. The van der Waals surface area contributed by atoms with Crippen LogP contribution in [-0.4, -0.2) is 71.6 Å². The van der Waals surface area contributed by atoms with E-state index in [0.29, 0.717) is 32.4 Å². The predicted molar refractivity (Wildman–Crippen MR) is 116 cm³/mol. The van der Waals surface area contributed by atoms with Crippen LogP contribution in [0.5, 0.6) is 0 Å². The number of hydrogen-bond acceptors (Lipinski definition) is 6. The number of imide groups is 1. The van der Waals surface area contributed by atoms with Crippen LogP contribution in [0.4, 0.5) is 0 Å². The molecule has 11 nitrogen and oxygen atoms in total. The normalized spacial score (nSPS) is 15.7. The third-order valence-electron chi connectivity index (χ3n) is 4.81. The maximum absolute atomic E-state index is 12.2. The Bertz CT molecular complexity index is 748. The Labute approximate surface area is 187 Å². The number of carbonyl (C=O) groups excluding carboxylic acids is 6. The van der Waals surface area contributed by atoms with Crippen molar-refractivity contribution in [3.8, 4) is 0 Å². The Hall–Kier alpha value is -3.24. The van der Waals surface area contributed by atoms with Gasteiger partial charge in [-0.25, -0.2) is 0 Å². The number of rotatable bonds is 13. The molecule has 0 aromatic heterocycles. The van der Waals surface area contributed by atoms with Crippen molar-refractivity contribution < 1.29 is 28.8 Å². The van der Waals surface area contributed by atoms with Gasteiger partial charge in [0, 0.05) is 31.7 Å². The van der Waals surface area contributed by atoms with Gasteiger partial charge in [-0.15, -0.1) is 0 Å². The molecule has 0 aromatic carbocycles. The highest BCUT2D eigenvalue weighted by atomic mass is 16.2. The summed E-state index contributed by atoms with van der Waals surface area (Å²) in [6.07, 6.45) is 4.43. The fourth-order valence-electron chi connectivity index (χ4n) is 2.90. The Morgan fingerprint density at radius 3 is 1.81 bits per heavy atom. The highest BCUT2D eigenvalue weighted by Gasteiger charge is 2.24. The number of nitrogens with one attached hydrogen (secondary N) is 4. The molecule has 1 heterocycles. The highest BCUT2D eigenvalue weighted by Crippen LogP contribution is 2.07. The van der Waals surface area contributed by atoms with Gasteiger partial charge in [-0.3, -0.25) is 33.7 Å². The van der Waals surface area contributed by atoms with Gasteiger partial charge < -0.3 is 21.3 Å². The van der Waals surface area contributed by atoms with E-state index in [0.717, 1.165) is 4.90 Å². The largest absolute Gasteiger partial charge is 0.355 e. The van der Waals surface area contributed by atoms with Gasteiger partial charge in [-0.2, -0.15) is 0 Å². The van der Waals surface area contributed by atoms with Gasteiger partial charge in [0.15, 0.2) is 0 Å². The Kier molecular flexibility index (Phi) is 11.1. The zero-order valence-electron chi connectivity index (χ0n) is 19.0. The molecule has 178 valence electrons. The maximum atomic E-state index is 12.2. The number of carbonyl (C=O) groups is 6. The van der Waals surface area contributed by atoms with Crippen molar-refractivity contribution in [2.75, 3.05) is 13.1 Å². The van der Waals surface area contributed by atoms with Gasteiger partial charge in [0.1, 0.15) is 18.1 Å². The van der Waals surface area contributed by atoms with E-state index in [1.54, 1.807) is 6.92 Å². The quantitative estimate of drug-likeness (QED) is 0.211. The molecule has 0 unspecified atom stereocenters. The Balaban J connectivity index is 2.26. The summed E-state index contributed by atoms with van der Waals surface area (Å²) in [6.45, 7) is 7.05. The van der Waals surface area contributed by atoms with E-state index in [4.69, 9.17) is 0 Å². The lowest BCUT2D eigenvalue weighted by Gasteiger charge is -2.20. The van der Waals surface area contributed by atoms with Gasteiger partial charge >= 0.3 is 0 Å². The number of amides is 6. The molecule has 0 saturated heterocycles. The van der Waals surface area contributed by atoms with Crippen LogP contribution in [0.3, 0.4) is 0 Å². The van der Waals surface area contributed by atoms with E-state index in [1.807, 2.05) is 0 Å². The summed E-state index contributed by atoms with van der Waals surface area (Å²) in [6, 6.07) is -2.47. The number of likely N-dealkylation sites (N-methyl/N-ethyl adjacent to an activating group) is 1. The molecule has 3 atom stereocenters. The monoisotopic (exact) mass is 451 g/mol. The second-order valence-electron chi connectivity index (χ2n) is 7.62. The Morgan fingerprint density at radius 1 is 0.781 bits per heavy atom. The van der Waals surface area contributed by atoms with Crippen molar-refractivity contribution >= 4 is 35.4 Å². The molecule has 0 saturated carbocycles. The molecular formula is C21H33N5O6. The third-order valence-corrected chi connectivity index (χ3v) is 4.81. The average Bonchev–Trinajstić information content (AvgIpc) is 3.05. The molecule has 0 radical (unpaired) electrons. The van der Waals surface area contributed by atoms with Gasteiger partial charge in [0.05, 0.1) is 0 Å². The number of unbranched alkanes of at least 4 members (excludes halogenated alkanes) is 2. The lowest BCUT2D eigenvalue weighted by molar-refractivity contribution is -0.137. The zero-order chi connectivity index (χ0) is 24.3.